The Balaban J connectivity index is 2.02. The van der Waals surface area contributed by atoms with Crippen LogP contribution in [-0.4, -0.2) is 24.1 Å². The average Bonchev–Trinajstić information content (AvgIpc) is 3.04. The number of nitrogens with zero attached hydrogens (tertiary/aromatic N) is 2. The van der Waals surface area contributed by atoms with Crippen molar-refractivity contribution in [2.45, 2.75) is 25.3 Å². The lowest BCUT2D eigenvalue weighted by molar-refractivity contribution is 0.723. The van der Waals surface area contributed by atoms with E-state index in [9.17, 15) is 0 Å². The van der Waals surface area contributed by atoms with E-state index in [-0.39, 0.29) is 0 Å². The Hall–Kier alpha value is -1.09. The van der Waals surface area contributed by atoms with Crippen LogP contribution in [0.3, 0.4) is 0 Å². The number of hydrogen-bond acceptors (Lipinski definition) is 3. The normalized spacial score (nSPS) is 15.5. The maximum Gasteiger partial charge on any atom is 0.128 e. The molecule has 0 aromatic carbocycles. The molecule has 76 valence electrons. The van der Waals surface area contributed by atoms with Crippen molar-refractivity contribution < 1.29 is 0 Å². The number of aromatic nitrogens is 1. The minimum Gasteiger partial charge on any atom is -0.354 e. The summed E-state index contributed by atoms with van der Waals surface area (Å²) in [5.41, 5.74) is 5.53. The molecular formula is C11H17N3. The standard InChI is InChI=1S/C11H17N3/c12-7-3-9-14(10-5-6-10)11-4-1-2-8-13-11/h1-2,4,8,10H,3,5-7,9,12H2. The van der Waals surface area contributed by atoms with Crippen LogP contribution >= 0.6 is 0 Å². The Morgan fingerprint density at radius 3 is 2.86 bits per heavy atom. The number of pyridine rings is 1. The van der Waals surface area contributed by atoms with Crippen LogP contribution in [0.15, 0.2) is 24.4 Å². The molecule has 3 heteroatoms. The largest absolute Gasteiger partial charge is 0.354 e. The minimum atomic E-state index is 0.719. The molecule has 1 aliphatic rings. The first-order valence-electron chi connectivity index (χ1n) is 5.29. The Labute approximate surface area is 84.9 Å². The summed E-state index contributed by atoms with van der Waals surface area (Å²) in [7, 11) is 0. The van der Waals surface area contributed by atoms with Crippen molar-refractivity contribution in [3.05, 3.63) is 24.4 Å². The predicted molar refractivity (Wildman–Crippen MR) is 58.3 cm³/mol. The first-order valence-corrected chi connectivity index (χ1v) is 5.29. The third kappa shape index (κ3) is 2.23. The maximum atomic E-state index is 5.53. The van der Waals surface area contributed by atoms with E-state index in [1.807, 2.05) is 18.3 Å². The molecule has 1 aromatic heterocycles. The molecule has 0 unspecified atom stereocenters. The summed E-state index contributed by atoms with van der Waals surface area (Å²) < 4.78 is 0. The molecule has 1 aromatic rings. The van der Waals surface area contributed by atoms with E-state index in [2.05, 4.69) is 16.0 Å². The van der Waals surface area contributed by atoms with Gasteiger partial charge in [0.05, 0.1) is 0 Å². The highest BCUT2D eigenvalue weighted by atomic mass is 15.2. The van der Waals surface area contributed by atoms with Gasteiger partial charge >= 0.3 is 0 Å². The van der Waals surface area contributed by atoms with Gasteiger partial charge in [0.2, 0.25) is 0 Å². The highest BCUT2D eigenvalue weighted by molar-refractivity contribution is 5.40. The van der Waals surface area contributed by atoms with Gasteiger partial charge in [0.25, 0.3) is 0 Å². The lowest BCUT2D eigenvalue weighted by Crippen LogP contribution is -2.28. The van der Waals surface area contributed by atoms with Gasteiger partial charge in [-0.2, -0.15) is 0 Å². The molecular weight excluding hydrogens is 174 g/mol. The van der Waals surface area contributed by atoms with Crippen molar-refractivity contribution >= 4 is 5.82 Å². The molecule has 3 nitrogen and oxygen atoms in total. The van der Waals surface area contributed by atoms with Crippen LogP contribution in [-0.2, 0) is 0 Å². The predicted octanol–water partition coefficient (Wildman–Crippen LogP) is 1.40. The summed E-state index contributed by atoms with van der Waals surface area (Å²) in [4.78, 5) is 6.76. The van der Waals surface area contributed by atoms with E-state index in [4.69, 9.17) is 5.73 Å². The molecule has 0 amide bonds. The van der Waals surface area contributed by atoms with Crippen molar-refractivity contribution in [1.29, 1.82) is 0 Å². The molecule has 1 heterocycles. The molecule has 14 heavy (non-hydrogen) atoms. The van der Waals surface area contributed by atoms with Crippen LogP contribution in [0.5, 0.6) is 0 Å². The second-order valence-electron chi connectivity index (χ2n) is 3.75. The second kappa shape index (κ2) is 4.42. The van der Waals surface area contributed by atoms with Crippen molar-refractivity contribution in [3.8, 4) is 0 Å². The fraction of sp³-hybridized carbons (Fsp3) is 0.545. The van der Waals surface area contributed by atoms with Gasteiger partial charge in [-0.3, -0.25) is 0 Å². The SMILES string of the molecule is NCCCN(c1ccccn1)C1CC1. The zero-order chi connectivity index (χ0) is 9.80. The van der Waals surface area contributed by atoms with Crippen LogP contribution in [0.1, 0.15) is 19.3 Å². The summed E-state index contributed by atoms with van der Waals surface area (Å²) in [6, 6.07) is 6.79. The number of rotatable bonds is 5. The van der Waals surface area contributed by atoms with Gasteiger partial charge in [-0.15, -0.1) is 0 Å². The van der Waals surface area contributed by atoms with Crippen LogP contribution in [0, 0.1) is 0 Å². The molecule has 0 radical (unpaired) electrons. The van der Waals surface area contributed by atoms with E-state index in [0.717, 1.165) is 31.4 Å². The van der Waals surface area contributed by atoms with Crippen molar-refractivity contribution in [1.82, 2.24) is 4.98 Å². The highest BCUT2D eigenvalue weighted by Crippen LogP contribution is 2.30. The summed E-state index contributed by atoms with van der Waals surface area (Å²) in [6.07, 6.45) is 5.52. The van der Waals surface area contributed by atoms with Gasteiger partial charge in [0.15, 0.2) is 0 Å². The quantitative estimate of drug-likeness (QED) is 0.765. The van der Waals surface area contributed by atoms with Gasteiger partial charge < -0.3 is 10.6 Å². The Kier molecular flexibility index (Phi) is 2.99. The Morgan fingerprint density at radius 1 is 1.43 bits per heavy atom. The maximum absolute atomic E-state index is 5.53. The molecule has 0 atom stereocenters. The van der Waals surface area contributed by atoms with E-state index in [0.29, 0.717) is 0 Å². The van der Waals surface area contributed by atoms with Gasteiger partial charge in [0.1, 0.15) is 5.82 Å². The minimum absolute atomic E-state index is 0.719. The Bertz CT molecular complexity index is 269. The smallest absolute Gasteiger partial charge is 0.128 e. The van der Waals surface area contributed by atoms with Gasteiger partial charge in [-0.1, -0.05) is 6.07 Å². The van der Waals surface area contributed by atoms with Crippen LogP contribution in [0.25, 0.3) is 0 Å². The third-order valence-corrected chi connectivity index (χ3v) is 2.53. The first kappa shape index (κ1) is 9.46. The first-order chi connectivity index (χ1) is 6.92. The Morgan fingerprint density at radius 2 is 2.29 bits per heavy atom. The van der Waals surface area contributed by atoms with Crippen molar-refractivity contribution in [3.63, 3.8) is 0 Å². The molecule has 0 aliphatic heterocycles. The van der Waals surface area contributed by atoms with E-state index < -0.39 is 0 Å². The molecule has 1 fully saturated rings. The van der Waals surface area contributed by atoms with Crippen LogP contribution in [0.2, 0.25) is 0 Å². The molecule has 2 N–H and O–H groups in total. The van der Waals surface area contributed by atoms with Crippen LogP contribution in [0.4, 0.5) is 5.82 Å². The number of anilines is 1. The van der Waals surface area contributed by atoms with Crippen LogP contribution < -0.4 is 10.6 Å². The van der Waals surface area contributed by atoms with E-state index >= 15 is 0 Å². The van der Waals surface area contributed by atoms with Gasteiger partial charge in [0, 0.05) is 18.8 Å². The highest BCUT2D eigenvalue weighted by Gasteiger charge is 2.29. The van der Waals surface area contributed by atoms with Gasteiger partial charge in [-0.05, 0) is 37.9 Å². The third-order valence-electron chi connectivity index (χ3n) is 2.53. The molecule has 0 bridgehead atoms. The molecule has 1 saturated carbocycles. The van der Waals surface area contributed by atoms with Crippen molar-refractivity contribution in [2.24, 2.45) is 5.73 Å². The average molecular weight is 191 g/mol. The zero-order valence-electron chi connectivity index (χ0n) is 8.39. The fourth-order valence-corrected chi connectivity index (χ4v) is 1.66. The second-order valence-corrected chi connectivity index (χ2v) is 3.75. The molecule has 0 spiro atoms. The monoisotopic (exact) mass is 191 g/mol. The lowest BCUT2D eigenvalue weighted by Gasteiger charge is -2.22. The van der Waals surface area contributed by atoms with Crippen molar-refractivity contribution in [2.75, 3.05) is 18.0 Å². The summed E-state index contributed by atoms with van der Waals surface area (Å²) in [5.74, 6) is 1.10. The van der Waals surface area contributed by atoms with E-state index in [1.165, 1.54) is 12.8 Å². The number of nitrogens with two attached hydrogens (primary N) is 1. The lowest BCUT2D eigenvalue weighted by atomic mass is 10.3. The number of hydrogen-bond donors (Lipinski definition) is 1. The zero-order valence-corrected chi connectivity index (χ0v) is 8.39. The molecule has 2 rings (SSSR count). The van der Waals surface area contributed by atoms with E-state index in [1.54, 1.807) is 0 Å². The summed E-state index contributed by atoms with van der Waals surface area (Å²) in [6.45, 7) is 1.80. The topological polar surface area (TPSA) is 42.1 Å². The van der Waals surface area contributed by atoms with Gasteiger partial charge in [-0.25, -0.2) is 4.98 Å². The summed E-state index contributed by atoms with van der Waals surface area (Å²) in [5, 5.41) is 0. The molecule has 0 saturated heterocycles. The summed E-state index contributed by atoms with van der Waals surface area (Å²) >= 11 is 0. The fourth-order valence-electron chi connectivity index (χ4n) is 1.66. The molecule has 1 aliphatic carbocycles.